The minimum atomic E-state index is -2.38. The van der Waals surface area contributed by atoms with E-state index >= 15 is 28.8 Å². The largest absolute Gasteiger partial charge is 0.508 e. The first-order valence-corrected chi connectivity index (χ1v) is 45.3. The van der Waals surface area contributed by atoms with E-state index in [1.54, 1.807) is 6.92 Å². The summed E-state index contributed by atoms with van der Waals surface area (Å²) >= 11 is 7.38. The molecule has 133 heavy (non-hydrogen) atoms. The fraction of sp³-hybridized carbons (Fsp3) is 0.511. The number of aliphatic hydroxyl groups is 6. The zero-order chi connectivity index (χ0) is 95.5. The maximum atomic E-state index is 16.9. The van der Waals surface area contributed by atoms with Gasteiger partial charge in [0.25, 0.3) is 0 Å². The smallest absolute Gasteiger partial charge is 0.325 e. The number of likely N-dealkylation sites (N-methyl/N-ethyl adjacent to an activating group) is 1. The SMILES string of the molecule is CN[C@H](CC(C)C)C(=O)N[C@H]1C(=O)N[C@@H](CC(=O)NC(=O)Nc2ccc(OC)cc2)C(=O)N[C@H]2C(=O)N[C@H]3C(=O)N[C@H](C(=O)N[C@H](C(=O)NC4C5CC6CC(C5)CC4C6)c4cc(O)c(CNCCCCCNC(C)=O)c(C)c4-c4cc3ccc4O)[C@H](O)c3ccc(c(Cl)c3)Oc3cc2cc(c3O[C@@H]2O[C@H](CO)[C@@H](O)[C@H](O)[C@H]2O[C@H]2C[C@](C)(N)[C@H](O)[C@H](C)O2)Oc2ccc(cc2C)[C@H]1O. The van der Waals surface area contributed by atoms with Crippen molar-refractivity contribution in [3.63, 3.8) is 0 Å². The van der Waals surface area contributed by atoms with Gasteiger partial charge in [0.05, 0.1) is 43.4 Å². The molecule has 4 aliphatic carbocycles. The Morgan fingerprint density at radius 2 is 1.33 bits per heavy atom. The molecule has 4 saturated carbocycles. The molecule has 7 aliphatic heterocycles. The number of phenolic OH excluding ortho intramolecular Hbond substituents is 2. The van der Waals surface area contributed by atoms with Crippen molar-refractivity contribution in [1.29, 1.82) is 0 Å². The third kappa shape index (κ3) is 22.0. The minimum absolute atomic E-state index is 0.0165. The number of methoxy groups -OCH3 is 1. The Balaban J connectivity index is 0.969. The van der Waals surface area contributed by atoms with Crippen LogP contribution in [0.25, 0.3) is 11.1 Å². The molecular weight excluding hydrogens is 1750 g/mol. The van der Waals surface area contributed by atoms with E-state index in [9.17, 15) is 60.0 Å². The number of carbonyl (C=O) groups is 10. The highest BCUT2D eigenvalue weighted by Crippen LogP contribution is 2.55. The number of hydrogen-bond donors (Lipinski definition) is 21. The van der Waals surface area contributed by atoms with Crippen LogP contribution in [-0.4, -0.2) is 219 Å². The van der Waals surface area contributed by atoms with Gasteiger partial charge in [-0.1, -0.05) is 50.1 Å². The molecular formula is C94H118ClN13O25. The van der Waals surface area contributed by atoms with E-state index in [2.05, 4.69) is 63.8 Å². The van der Waals surface area contributed by atoms with Crippen molar-refractivity contribution in [3.8, 4) is 57.1 Å². The third-order valence-corrected chi connectivity index (χ3v) is 26.7. The average molecular weight is 1870 g/mol. The van der Waals surface area contributed by atoms with Gasteiger partial charge in [-0.15, -0.1) is 0 Å². The number of nitrogens with two attached hydrogens (primary N) is 1. The molecule has 6 aromatic carbocycles. The Kier molecular flexibility index (Phi) is 30.6. The number of aromatic hydroxyl groups is 2. The van der Waals surface area contributed by atoms with Crippen molar-refractivity contribution in [2.24, 2.45) is 35.3 Å². The molecule has 15 bridgehead atoms. The van der Waals surface area contributed by atoms with E-state index in [0.29, 0.717) is 49.9 Å². The van der Waals surface area contributed by atoms with Gasteiger partial charge in [0, 0.05) is 54.8 Å². The van der Waals surface area contributed by atoms with Crippen molar-refractivity contribution in [2.45, 2.75) is 241 Å². The van der Waals surface area contributed by atoms with Crippen LogP contribution in [0.2, 0.25) is 5.02 Å². The molecule has 0 unspecified atom stereocenters. The lowest BCUT2D eigenvalue weighted by molar-refractivity contribution is -0.333. The summed E-state index contributed by atoms with van der Waals surface area (Å²) in [5.41, 5.74) is 5.03. The highest BCUT2D eigenvalue weighted by atomic mass is 35.5. The summed E-state index contributed by atoms with van der Waals surface area (Å²) in [6.07, 6.45) is -12.2. The van der Waals surface area contributed by atoms with Gasteiger partial charge in [-0.05, 0) is 246 Å². The molecule has 2 saturated heterocycles. The molecule has 22 N–H and O–H groups in total. The fourth-order valence-electron chi connectivity index (χ4n) is 19.6. The van der Waals surface area contributed by atoms with E-state index < -0.39 is 204 Å². The van der Waals surface area contributed by atoms with Crippen molar-refractivity contribution in [1.82, 2.24) is 58.5 Å². The van der Waals surface area contributed by atoms with Gasteiger partial charge in [0.15, 0.2) is 23.9 Å². The lowest BCUT2D eigenvalue weighted by atomic mass is 9.54. The number of halogens is 1. The van der Waals surface area contributed by atoms with Crippen molar-refractivity contribution in [2.75, 3.05) is 39.2 Å². The van der Waals surface area contributed by atoms with Crippen LogP contribution >= 0.6 is 11.6 Å². The monoisotopic (exact) mass is 1860 g/mol. The predicted octanol–water partition coefficient (Wildman–Crippen LogP) is 4.49. The predicted molar refractivity (Wildman–Crippen MR) is 479 cm³/mol. The first-order valence-electron chi connectivity index (χ1n) is 44.9. The van der Waals surface area contributed by atoms with Crippen LogP contribution in [0.15, 0.2) is 97.1 Å². The number of urea groups is 1. The number of phenols is 2. The molecule has 38 nitrogen and oxygen atoms in total. The Morgan fingerprint density at radius 1 is 0.684 bits per heavy atom. The number of ether oxygens (including phenoxy) is 7. The Morgan fingerprint density at radius 3 is 1.98 bits per heavy atom. The van der Waals surface area contributed by atoms with Crippen LogP contribution in [0.1, 0.15) is 180 Å². The van der Waals surface area contributed by atoms with Gasteiger partial charge >= 0.3 is 6.03 Å². The molecule has 11 aliphatic rings. The molecule has 0 spiro atoms. The number of imide groups is 1. The van der Waals surface area contributed by atoms with E-state index in [4.69, 9.17) is 50.5 Å². The van der Waals surface area contributed by atoms with Crippen LogP contribution in [0.3, 0.4) is 0 Å². The summed E-state index contributed by atoms with van der Waals surface area (Å²) in [5, 5.41) is 130. The molecule has 0 radical (unpaired) electrons. The van der Waals surface area contributed by atoms with Crippen molar-refractivity contribution < 1.29 is 122 Å². The van der Waals surface area contributed by atoms with Gasteiger partial charge in [0.2, 0.25) is 65.2 Å². The third-order valence-electron chi connectivity index (χ3n) is 26.4. The first-order chi connectivity index (χ1) is 63.3. The molecule has 0 aromatic heterocycles. The topological polar surface area (TPSA) is 568 Å². The number of amides is 11. The van der Waals surface area contributed by atoms with Crippen LogP contribution in [-0.2, 0) is 63.9 Å². The van der Waals surface area contributed by atoms with Gasteiger partial charge < -0.3 is 138 Å². The van der Waals surface area contributed by atoms with E-state index in [1.807, 2.05) is 13.8 Å². The second-order valence-electron chi connectivity index (χ2n) is 36.7. The number of aliphatic hydroxyl groups excluding tert-OH is 6. The molecule has 18 atom stereocenters. The lowest BCUT2D eigenvalue weighted by Gasteiger charge is -2.54. The number of benzene rings is 6. The highest BCUT2D eigenvalue weighted by Gasteiger charge is 2.54. The van der Waals surface area contributed by atoms with E-state index in [0.717, 1.165) is 44.2 Å². The maximum absolute atomic E-state index is 16.9. The molecule has 716 valence electrons. The van der Waals surface area contributed by atoms with E-state index in [-0.39, 0.29) is 127 Å². The first kappa shape index (κ1) is 97.6. The zero-order valence-electron chi connectivity index (χ0n) is 75.1. The minimum Gasteiger partial charge on any atom is -0.508 e. The summed E-state index contributed by atoms with van der Waals surface area (Å²) in [7, 11) is 2.92. The molecule has 39 heteroatoms. The Labute approximate surface area is 772 Å². The number of fused-ring (bicyclic) bond motifs is 15. The number of aryl methyl sites for hydroxylation is 1. The lowest BCUT2D eigenvalue weighted by Crippen LogP contribution is -2.64. The zero-order valence-corrected chi connectivity index (χ0v) is 75.9. The molecule has 6 fully saturated rings. The van der Waals surface area contributed by atoms with Gasteiger partial charge in [-0.2, -0.15) is 0 Å². The summed E-state index contributed by atoms with van der Waals surface area (Å²) in [6, 6.07) is 5.47. The molecule has 11 amide bonds. The number of carbonyl (C=O) groups excluding carboxylic acids is 10. The summed E-state index contributed by atoms with van der Waals surface area (Å²) in [6.45, 7) is 11.2. The average Bonchev–Trinajstić information content (AvgIpc) is 0.747. The molecule has 17 rings (SSSR count). The molecule has 6 aromatic rings. The summed E-state index contributed by atoms with van der Waals surface area (Å²) in [4.78, 5) is 152. The number of anilines is 1. The van der Waals surface area contributed by atoms with Crippen LogP contribution < -0.4 is 88.5 Å². The van der Waals surface area contributed by atoms with Crippen LogP contribution in [0.4, 0.5) is 10.5 Å². The fourth-order valence-corrected chi connectivity index (χ4v) is 19.9. The number of hydrogen-bond acceptors (Lipinski definition) is 28. The second-order valence-corrected chi connectivity index (χ2v) is 37.1. The maximum Gasteiger partial charge on any atom is 0.325 e. The number of rotatable bonds is 24. The quantitative estimate of drug-likeness (QED) is 0.0371. The second kappa shape index (κ2) is 41.6. The number of unbranched alkanes of at least 4 members (excludes halogenated alkanes) is 2. The number of nitrogens with one attached hydrogen (secondary N) is 12. The van der Waals surface area contributed by atoms with Crippen LogP contribution in [0, 0.1) is 43.4 Å². The van der Waals surface area contributed by atoms with Gasteiger partial charge in [-0.3, -0.25) is 48.5 Å². The Hall–Kier alpha value is -11.4. The normalized spacial score (nSPS) is 29.2. The van der Waals surface area contributed by atoms with Gasteiger partial charge in [0.1, 0.15) is 95.5 Å². The highest BCUT2D eigenvalue weighted by molar-refractivity contribution is 6.32. The van der Waals surface area contributed by atoms with Crippen LogP contribution in [0.5, 0.6) is 46.0 Å². The van der Waals surface area contributed by atoms with Crippen molar-refractivity contribution in [3.05, 3.63) is 147 Å². The van der Waals surface area contributed by atoms with Gasteiger partial charge in [-0.25, -0.2) is 4.79 Å². The Bertz CT molecular complexity index is 5350. The van der Waals surface area contributed by atoms with Crippen molar-refractivity contribution >= 4 is 76.5 Å². The molecule has 7 heterocycles. The summed E-state index contributed by atoms with van der Waals surface area (Å²) in [5.74, 6) is -11.3. The summed E-state index contributed by atoms with van der Waals surface area (Å²) < 4.78 is 44.8. The van der Waals surface area contributed by atoms with E-state index in [1.165, 1.54) is 127 Å². The standard InChI is InChI=1S/C94H118ClN13O25/c1-41(2)25-60(97-8)85(119)107-76-78(114)49-14-21-64(42(3)26-49)129-66-34-53-35-67(82(66)133-92-83(81(117)80(116)68(40-109)131-92)132-70-38-94(7,96)84(118)44(5)128-70)130-65-22-15-50(33-59(65)95)79(115)77-91(125)106-75(89(123)103-72-51-28-46-27-47(30-51)31-52(72)29-46)57-36-63(112)58(39-98-23-11-10-12-24-99-45(6)110)43(4)71(57)56-32-48(13-20-62(56)111)73(87(121)108-77)105-88(122)74(53)104-86(120)61(101-90(76)124)37-69(113)102-93(126)100-54-16-18-55(127-9)19-17-54/h13-22,26,32-36,41,44,46-47,51-52,60-61,68,70,72-81,83-84,92,97-98,109,111-112,114-118H,10-12,23-25,27-31,37-40,96H2,1-9H3,(H,99,110)(H,101,124)(H,103,123)(H,104,120)(H,105,122)(H,106,125)(H,107,119)(H,108,121)(H2,100,102,113,126)/t44-,46?,47?,51?,52?,60+,61-,68+,70-,72?,73+,74+,75-,76+,77-,78+,79+,80+,81-,83+,84+,92-,94-/m0/s1.